The van der Waals surface area contributed by atoms with Gasteiger partial charge in [0.25, 0.3) is 0 Å². The molecule has 0 spiro atoms. The normalized spacial score (nSPS) is 12.9. The minimum atomic E-state index is -0.0386. The summed E-state index contributed by atoms with van der Waals surface area (Å²) < 4.78 is 4.90. The number of hydrogen-bond acceptors (Lipinski definition) is 1. The van der Waals surface area contributed by atoms with Crippen LogP contribution in [0, 0.1) is 0 Å². The summed E-state index contributed by atoms with van der Waals surface area (Å²) in [5.41, 5.74) is 5.90. The van der Waals surface area contributed by atoms with Crippen molar-refractivity contribution in [3.05, 3.63) is 53.1 Å². The van der Waals surface area contributed by atoms with Crippen LogP contribution in [0.3, 0.4) is 0 Å². The van der Waals surface area contributed by atoms with E-state index in [1.165, 1.54) is 46.4 Å². The summed E-state index contributed by atoms with van der Waals surface area (Å²) in [5, 5.41) is 0. The molecule has 21 heavy (non-hydrogen) atoms. The molecule has 0 aliphatic heterocycles. The van der Waals surface area contributed by atoms with Crippen molar-refractivity contribution in [3.63, 3.8) is 0 Å². The van der Waals surface area contributed by atoms with Crippen molar-refractivity contribution < 1.29 is 19.4 Å². The van der Waals surface area contributed by atoms with Gasteiger partial charge in [-0.1, -0.05) is 0 Å². The summed E-state index contributed by atoms with van der Waals surface area (Å²) in [5.74, 6) is 0. The van der Waals surface area contributed by atoms with E-state index in [1.807, 2.05) is 0 Å². The zero-order chi connectivity index (χ0) is 13.5. The molecule has 0 radical (unpaired) electrons. The number of benzene rings is 1. The van der Waals surface area contributed by atoms with E-state index in [0.29, 0.717) is 0 Å². The first-order chi connectivity index (χ1) is 9.31. The van der Waals surface area contributed by atoms with Crippen LogP contribution in [0.25, 0.3) is 5.57 Å². The molecule has 4 heteroatoms. The van der Waals surface area contributed by atoms with Crippen LogP contribution in [-0.2, 0) is 24.1 Å². The molecule has 1 aliphatic carbocycles. The molecule has 2 rings (SSSR count). The fourth-order valence-electron chi connectivity index (χ4n) is 2.35. The number of nitrogens with one attached hydrogen (secondary N) is 1. The van der Waals surface area contributed by atoms with E-state index in [4.69, 9.17) is 0 Å². The zero-order valence-electron chi connectivity index (χ0n) is 12.8. The van der Waals surface area contributed by atoms with Gasteiger partial charge in [0.05, 0.1) is 0 Å². The smallest absolute Gasteiger partial charge is 0.147 e. The van der Waals surface area contributed by atoms with E-state index in [-0.39, 0.29) is 44.2 Å². The Labute approximate surface area is 150 Å². The molecule has 0 amide bonds. The van der Waals surface area contributed by atoms with Gasteiger partial charge in [0.2, 0.25) is 0 Å². The van der Waals surface area contributed by atoms with Crippen molar-refractivity contribution in [2.75, 3.05) is 6.54 Å². The third-order valence-electron chi connectivity index (χ3n) is 3.47. The van der Waals surface area contributed by atoms with Crippen LogP contribution < -0.4 is 3.80 Å². The van der Waals surface area contributed by atoms with Gasteiger partial charge >= 0.3 is 126 Å². The van der Waals surface area contributed by atoms with Crippen molar-refractivity contribution >= 4 is 30.4 Å². The number of unbranched alkanes of at least 4 members (excludes halogenated alkanes) is 1. The maximum Gasteiger partial charge on any atom is -0.147 e. The van der Waals surface area contributed by atoms with Gasteiger partial charge in [0.1, 0.15) is 0 Å². The zero-order valence-corrected chi connectivity index (χ0v) is 16.0. The van der Waals surface area contributed by atoms with Gasteiger partial charge in [-0.15, -0.1) is 24.8 Å². The van der Waals surface area contributed by atoms with Gasteiger partial charge in [0.15, 0.2) is 0 Å². The van der Waals surface area contributed by atoms with Crippen molar-refractivity contribution in [2.45, 2.75) is 37.8 Å². The Morgan fingerprint density at radius 2 is 1.95 bits per heavy atom. The topological polar surface area (TPSA) is 12.0 Å². The molecule has 1 aromatic carbocycles. The second-order valence-corrected chi connectivity index (χ2v) is 6.77. The minimum Gasteiger partial charge on any atom is -0.147 e. The monoisotopic (exact) mass is 361 g/mol. The molecule has 116 valence electrons. The molecule has 1 N–H and O–H groups in total. The number of allylic oxidation sites excluding steroid dienone is 4. The standard InChI is InChI=1S/C13H13.C4H10N.2ClH.Ti/c1-10-7-8-12(9-10)13-6-4-3-5-11(13)2;1-2-3-4-5;;;/h3-7,9H,2,8H2,1H3;5H,2-4H2,1H3;2*1H;/q;-1;;;+1. The second-order valence-electron chi connectivity index (χ2n) is 5.11. The van der Waals surface area contributed by atoms with Crippen LogP contribution in [0.4, 0.5) is 0 Å². The Balaban J connectivity index is 0.00000200. The quantitative estimate of drug-likeness (QED) is 0.523. The molecule has 1 aliphatic rings. The molecular formula is C17H25Cl2NTi. The fourth-order valence-corrected chi connectivity index (χ4v) is 3.88. The maximum atomic E-state index is 3.65. The predicted molar refractivity (Wildman–Crippen MR) is 93.9 cm³/mol. The van der Waals surface area contributed by atoms with Crippen LogP contribution in [-0.4, -0.2) is 6.54 Å². The van der Waals surface area contributed by atoms with Gasteiger partial charge in [-0.2, -0.15) is 0 Å². The molecule has 0 heterocycles. The van der Waals surface area contributed by atoms with E-state index < -0.39 is 0 Å². The van der Waals surface area contributed by atoms with E-state index >= 15 is 0 Å². The molecule has 0 aromatic heterocycles. The van der Waals surface area contributed by atoms with Crippen LogP contribution in [0.5, 0.6) is 0 Å². The fraction of sp³-hybridized carbons (Fsp3) is 0.412. The van der Waals surface area contributed by atoms with Crippen LogP contribution in [0.2, 0.25) is 0 Å². The minimum absolute atomic E-state index is 0. The molecule has 0 bridgehead atoms. The Bertz CT molecular complexity index is 483. The molecule has 1 aromatic rings. The maximum absolute atomic E-state index is 3.65. The first kappa shape index (κ1) is 21.0. The van der Waals surface area contributed by atoms with E-state index in [2.05, 4.69) is 54.1 Å². The van der Waals surface area contributed by atoms with Crippen molar-refractivity contribution in [1.82, 2.24) is 3.80 Å². The third kappa shape index (κ3) is 6.71. The molecule has 0 saturated carbocycles. The Morgan fingerprint density at radius 3 is 2.62 bits per heavy atom. The molecule has 0 unspecified atom stereocenters. The first-order valence-corrected chi connectivity index (χ1v) is 9.11. The van der Waals surface area contributed by atoms with Gasteiger partial charge in [0, 0.05) is 0 Å². The molecule has 0 fully saturated rings. The molecule has 0 saturated heterocycles. The van der Waals surface area contributed by atoms with Crippen molar-refractivity contribution in [2.24, 2.45) is 0 Å². The summed E-state index contributed by atoms with van der Waals surface area (Å²) in [6, 6.07) is 8.92. The Kier molecular flexibility index (Phi) is 11.5. The molecule has 0 atom stereocenters. The van der Waals surface area contributed by atoms with Gasteiger partial charge < -0.3 is 0 Å². The van der Waals surface area contributed by atoms with Crippen molar-refractivity contribution in [3.8, 4) is 0 Å². The first-order valence-electron chi connectivity index (χ1n) is 7.22. The Morgan fingerprint density at radius 1 is 1.19 bits per heavy atom. The summed E-state index contributed by atoms with van der Waals surface area (Å²) in [6.07, 6.45) is 8.35. The van der Waals surface area contributed by atoms with Gasteiger partial charge in [-0.05, 0) is 0 Å². The third-order valence-corrected chi connectivity index (χ3v) is 5.12. The molecular weight excluding hydrogens is 337 g/mol. The summed E-state index contributed by atoms with van der Waals surface area (Å²) in [4.78, 5) is 0. The summed E-state index contributed by atoms with van der Waals surface area (Å²) in [7, 11) is 0. The second kappa shape index (κ2) is 11.5. The largest absolute Gasteiger partial charge is 0.147 e. The summed E-state index contributed by atoms with van der Waals surface area (Å²) >= 11 is -0.0386. The van der Waals surface area contributed by atoms with Crippen LogP contribution >= 0.6 is 24.8 Å². The SMILES string of the molecule is CCCC[NH][Ti][CH2]c1ccccc1C1=CC(C)=CC1.Cl.Cl. The van der Waals surface area contributed by atoms with Gasteiger partial charge in [-0.3, -0.25) is 0 Å². The van der Waals surface area contributed by atoms with E-state index in [9.17, 15) is 0 Å². The Hall–Kier alpha value is -0.0457. The predicted octanol–water partition coefficient (Wildman–Crippen LogP) is 5.15. The van der Waals surface area contributed by atoms with Crippen LogP contribution in [0.1, 0.15) is 44.2 Å². The van der Waals surface area contributed by atoms with E-state index in [1.54, 1.807) is 0 Å². The number of hydrogen-bond donors (Lipinski definition) is 1. The average Bonchev–Trinajstić information content (AvgIpc) is 2.85. The molecule has 1 nitrogen and oxygen atoms in total. The van der Waals surface area contributed by atoms with Crippen LogP contribution in [0.15, 0.2) is 42.0 Å². The number of rotatable bonds is 7. The van der Waals surface area contributed by atoms with Gasteiger partial charge in [-0.25, -0.2) is 0 Å². The van der Waals surface area contributed by atoms with Crippen molar-refractivity contribution in [1.29, 1.82) is 0 Å². The summed E-state index contributed by atoms with van der Waals surface area (Å²) in [6.45, 7) is 5.64. The number of halogens is 2. The van der Waals surface area contributed by atoms with E-state index in [0.717, 1.165) is 6.42 Å². The average molecular weight is 362 g/mol.